The molecule has 6 nitrogen and oxygen atoms in total. The molecule has 0 spiro atoms. The second kappa shape index (κ2) is 10.5. The van der Waals surface area contributed by atoms with E-state index >= 15 is 0 Å². The summed E-state index contributed by atoms with van der Waals surface area (Å²) in [5.74, 6) is 0. The molecule has 0 radical (unpaired) electrons. The molecule has 0 unspecified atom stereocenters. The lowest BCUT2D eigenvalue weighted by Gasteiger charge is -2.18. The van der Waals surface area contributed by atoms with E-state index in [2.05, 4.69) is 36.7 Å². The van der Waals surface area contributed by atoms with Gasteiger partial charge in [0, 0.05) is 54.1 Å². The number of fused-ring (bicyclic) bond motifs is 2. The van der Waals surface area contributed by atoms with Crippen LogP contribution in [0.5, 0.6) is 0 Å². The van der Waals surface area contributed by atoms with Crippen molar-refractivity contribution >= 4 is 55.7 Å². The zero-order valence-electron chi connectivity index (χ0n) is 21.5. The van der Waals surface area contributed by atoms with Crippen LogP contribution in [-0.4, -0.2) is 21.1 Å². The Morgan fingerprint density at radius 2 is 1.15 bits per heavy atom. The molecule has 0 saturated heterocycles. The fraction of sp³-hybridized carbons (Fsp3) is 0.133. The van der Waals surface area contributed by atoms with E-state index in [1.165, 1.54) is 12.1 Å². The molecule has 196 valence electrons. The van der Waals surface area contributed by atoms with Gasteiger partial charge in [0.2, 0.25) is 0 Å². The number of alkyl halides is 3. The highest BCUT2D eigenvalue weighted by molar-refractivity contribution is 6.08. The Kier molecular flexibility index (Phi) is 6.98. The van der Waals surface area contributed by atoms with E-state index in [9.17, 15) is 13.2 Å². The number of halogens is 3. The molecule has 0 aromatic heterocycles. The Balaban J connectivity index is 1.51. The first-order valence-corrected chi connectivity index (χ1v) is 12.2. The van der Waals surface area contributed by atoms with Crippen molar-refractivity contribution in [2.24, 2.45) is 20.5 Å². The maximum atomic E-state index is 12.8. The lowest BCUT2D eigenvalue weighted by molar-refractivity contribution is -0.137. The molecule has 0 aliphatic carbocycles. The topological polar surface area (TPSA) is 64.7 Å². The monoisotopic (exact) mass is 526 g/mol. The van der Waals surface area contributed by atoms with Gasteiger partial charge in [0.1, 0.15) is 0 Å². The summed E-state index contributed by atoms with van der Waals surface area (Å²) in [4.78, 5) is 2.07. The van der Waals surface area contributed by atoms with Gasteiger partial charge >= 0.3 is 6.18 Å². The molecule has 5 aromatic rings. The second-order valence-corrected chi connectivity index (χ2v) is 9.07. The van der Waals surface area contributed by atoms with Crippen molar-refractivity contribution in [1.29, 1.82) is 0 Å². The number of nitrogens with one attached hydrogen (secondary N) is 1. The fourth-order valence-electron chi connectivity index (χ4n) is 4.42. The fourth-order valence-corrected chi connectivity index (χ4v) is 4.42. The smallest absolute Gasteiger partial charge is 0.388 e. The summed E-state index contributed by atoms with van der Waals surface area (Å²) in [5.41, 5.74) is 3.64. The molecule has 0 fully saturated rings. The summed E-state index contributed by atoms with van der Waals surface area (Å²) in [6.07, 6.45) is -4.40. The summed E-state index contributed by atoms with van der Waals surface area (Å²) < 4.78 is 38.5. The quantitative estimate of drug-likeness (QED) is 0.224. The number of nitrogens with zero attached hydrogens (tertiary/aromatic N) is 5. The Hall–Kier alpha value is -4.79. The van der Waals surface area contributed by atoms with Crippen molar-refractivity contribution < 1.29 is 13.2 Å². The molecule has 0 amide bonds. The summed E-state index contributed by atoms with van der Waals surface area (Å²) in [6.45, 7) is 0. The molecule has 9 heteroatoms. The number of anilines is 2. The van der Waals surface area contributed by atoms with E-state index in [1.54, 1.807) is 6.07 Å². The second-order valence-electron chi connectivity index (χ2n) is 9.07. The van der Waals surface area contributed by atoms with E-state index < -0.39 is 11.7 Å². The molecule has 0 aliphatic rings. The minimum absolute atomic E-state index is 0.324. The SMILES string of the molecule is CNc1ccc(N=Nc2ccc(N=Nc3ccc(C(F)(F)F)cc3)c3ccccc23)c2cccc(N(C)C)c12. The third kappa shape index (κ3) is 5.29. The predicted octanol–water partition coefficient (Wildman–Crippen LogP) is 9.95. The highest BCUT2D eigenvalue weighted by Crippen LogP contribution is 2.40. The van der Waals surface area contributed by atoms with Gasteiger partial charge in [0.25, 0.3) is 0 Å². The summed E-state index contributed by atoms with van der Waals surface area (Å²) >= 11 is 0. The molecule has 0 aliphatic heterocycles. The molecule has 0 atom stereocenters. The van der Waals surface area contributed by atoms with Crippen LogP contribution in [0.4, 0.5) is 47.3 Å². The predicted molar refractivity (Wildman–Crippen MR) is 152 cm³/mol. The highest BCUT2D eigenvalue weighted by atomic mass is 19.4. The first kappa shape index (κ1) is 25.8. The summed E-state index contributed by atoms with van der Waals surface area (Å²) in [6, 6.07) is 25.8. The van der Waals surface area contributed by atoms with Crippen LogP contribution in [-0.2, 0) is 6.18 Å². The van der Waals surface area contributed by atoms with Crippen molar-refractivity contribution in [2.45, 2.75) is 6.18 Å². The van der Waals surface area contributed by atoms with Gasteiger partial charge < -0.3 is 10.2 Å². The lowest BCUT2D eigenvalue weighted by atomic mass is 10.0. The third-order valence-electron chi connectivity index (χ3n) is 6.36. The van der Waals surface area contributed by atoms with Gasteiger partial charge in [-0.3, -0.25) is 0 Å². The first-order valence-electron chi connectivity index (χ1n) is 12.2. The minimum atomic E-state index is -4.40. The van der Waals surface area contributed by atoms with Gasteiger partial charge in [-0.2, -0.15) is 18.3 Å². The average molecular weight is 527 g/mol. The molecular formula is C30H25F3N6. The van der Waals surface area contributed by atoms with Crippen molar-refractivity contribution in [1.82, 2.24) is 0 Å². The van der Waals surface area contributed by atoms with Gasteiger partial charge in [-0.1, -0.05) is 36.4 Å². The first-order chi connectivity index (χ1) is 18.8. The normalized spacial score (nSPS) is 12.2. The Labute approximate surface area is 223 Å². The van der Waals surface area contributed by atoms with Crippen LogP contribution in [0.3, 0.4) is 0 Å². The lowest BCUT2D eigenvalue weighted by Crippen LogP contribution is -2.09. The molecule has 0 saturated carbocycles. The van der Waals surface area contributed by atoms with Crippen LogP contribution in [0, 0.1) is 0 Å². The summed E-state index contributed by atoms with van der Waals surface area (Å²) in [5, 5.41) is 24.6. The standard InChI is InChI=1S/C30H25F3N6/c1-34-27-18-17-26(23-9-6-10-28(29(23)27)39(2)3)38-37-25-16-15-24(21-7-4-5-8-22(21)25)36-35-20-13-11-19(12-14-20)30(31,32)33/h4-18,34H,1-3H3. The molecule has 0 bridgehead atoms. The van der Waals surface area contributed by atoms with Crippen molar-refractivity contribution in [3.63, 3.8) is 0 Å². The number of hydrogen-bond acceptors (Lipinski definition) is 6. The maximum Gasteiger partial charge on any atom is 0.416 e. The zero-order chi connectivity index (χ0) is 27.6. The molecule has 5 aromatic carbocycles. The number of benzene rings is 5. The molecule has 39 heavy (non-hydrogen) atoms. The van der Waals surface area contributed by atoms with E-state index in [1.807, 2.05) is 75.7 Å². The highest BCUT2D eigenvalue weighted by Gasteiger charge is 2.29. The van der Waals surface area contributed by atoms with E-state index in [0.717, 1.165) is 50.7 Å². The van der Waals surface area contributed by atoms with E-state index in [-0.39, 0.29) is 0 Å². The Morgan fingerprint density at radius 3 is 1.72 bits per heavy atom. The van der Waals surface area contributed by atoms with E-state index in [4.69, 9.17) is 0 Å². The van der Waals surface area contributed by atoms with Crippen molar-refractivity contribution in [2.75, 3.05) is 31.4 Å². The van der Waals surface area contributed by atoms with Gasteiger partial charge in [-0.15, -0.1) is 15.3 Å². The van der Waals surface area contributed by atoms with Crippen LogP contribution in [0.25, 0.3) is 21.5 Å². The number of azo groups is 2. The van der Waals surface area contributed by atoms with E-state index in [0.29, 0.717) is 17.1 Å². The summed E-state index contributed by atoms with van der Waals surface area (Å²) in [7, 11) is 5.90. The largest absolute Gasteiger partial charge is 0.416 e. The van der Waals surface area contributed by atoms with Crippen molar-refractivity contribution in [3.8, 4) is 0 Å². The number of hydrogen-bond donors (Lipinski definition) is 1. The molecule has 5 rings (SSSR count). The van der Waals surface area contributed by atoms with Crippen LogP contribution in [0.1, 0.15) is 5.56 Å². The average Bonchev–Trinajstić information content (AvgIpc) is 2.94. The van der Waals surface area contributed by atoms with Crippen molar-refractivity contribution in [3.05, 3.63) is 96.6 Å². The van der Waals surface area contributed by atoms with Crippen LogP contribution in [0.15, 0.2) is 111 Å². The third-order valence-corrected chi connectivity index (χ3v) is 6.36. The molecular weight excluding hydrogens is 501 g/mol. The molecule has 1 N–H and O–H groups in total. The zero-order valence-corrected chi connectivity index (χ0v) is 21.5. The van der Waals surface area contributed by atoms with Crippen LogP contribution in [0.2, 0.25) is 0 Å². The number of rotatable bonds is 6. The van der Waals surface area contributed by atoms with Gasteiger partial charge in [-0.25, -0.2) is 0 Å². The van der Waals surface area contributed by atoms with Crippen LogP contribution >= 0.6 is 0 Å². The van der Waals surface area contributed by atoms with Crippen LogP contribution < -0.4 is 10.2 Å². The van der Waals surface area contributed by atoms with Gasteiger partial charge in [-0.05, 0) is 54.6 Å². The minimum Gasteiger partial charge on any atom is -0.388 e. The van der Waals surface area contributed by atoms with Gasteiger partial charge in [0.05, 0.1) is 28.3 Å². The molecule has 0 heterocycles. The maximum absolute atomic E-state index is 12.8. The Bertz CT molecular complexity index is 1710. The van der Waals surface area contributed by atoms with Gasteiger partial charge in [0.15, 0.2) is 0 Å². The Morgan fingerprint density at radius 1 is 0.615 bits per heavy atom.